The number of aromatic hydroxyl groups is 2. The van der Waals surface area contributed by atoms with Crippen LogP contribution in [0, 0.1) is 11.7 Å². The van der Waals surface area contributed by atoms with Gasteiger partial charge in [-0.25, -0.2) is 4.39 Å². The molecule has 0 aliphatic carbocycles. The number of phenolic OH excluding ortho intramolecular Hbond substituents is 2. The molecule has 5 rings (SSSR count). The molecule has 1 fully saturated rings. The minimum absolute atomic E-state index is 0.0526. The second-order valence-corrected chi connectivity index (χ2v) is 9.01. The van der Waals surface area contributed by atoms with Crippen molar-refractivity contribution in [3.05, 3.63) is 114 Å². The van der Waals surface area contributed by atoms with E-state index in [-0.39, 0.29) is 23.1 Å². The summed E-state index contributed by atoms with van der Waals surface area (Å²) in [6.45, 7) is 0. The molecule has 3 N–H and O–H groups in total. The van der Waals surface area contributed by atoms with Gasteiger partial charge in [-0.2, -0.15) is 0 Å². The molecule has 1 heterocycles. The molecule has 36 heavy (non-hydrogen) atoms. The second kappa shape index (κ2) is 9.84. The van der Waals surface area contributed by atoms with Crippen molar-refractivity contribution in [2.24, 2.45) is 5.92 Å². The summed E-state index contributed by atoms with van der Waals surface area (Å²) in [5.41, 5.74) is 2.58. The summed E-state index contributed by atoms with van der Waals surface area (Å²) < 4.78 is 14.7. The molecule has 1 amide bonds. The Bertz CT molecular complexity index is 1390. The highest BCUT2D eigenvalue weighted by molar-refractivity contribution is 6.03. The number of hydrogen-bond donors (Lipinski definition) is 3. The zero-order valence-electron chi connectivity index (χ0n) is 19.5. The lowest BCUT2D eigenvalue weighted by atomic mass is 9.77. The first-order valence-corrected chi connectivity index (χ1v) is 11.9. The van der Waals surface area contributed by atoms with Gasteiger partial charge in [-0.15, -0.1) is 0 Å². The lowest BCUT2D eigenvalue weighted by Gasteiger charge is -2.48. The van der Waals surface area contributed by atoms with Crippen LogP contribution in [-0.4, -0.2) is 21.2 Å². The normalized spacial score (nSPS) is 18.1. The topological polar surface area (TPSA) is 81.0 Å². The van der Waals surface area contributed by atoms with Crippen molar-refractivity contribution in [2.75, 3.05) is 4.90 Å². The number of benzene rings is 4. The number of nitrogens with zero attached hydrogens (tertiary/aromatic N) is 1. The smallest absolute Gasteiger partial charge is 0.233 e. The number of rotatable bonds is 7. The summed E-state index contributed by atoms with van der Waals surface area (Å²) in [5, 5.41) is 31.9. The van der Waals surface area contributed by atoms with Crippen LogP contribution in [-0.2, 0) is 4.79 Å². The van der Waals surface area contributed by atoms with E-state index in [9.17, 15) is 24.5 Å². The molecule has 1 aliphatic heterocycles. The van der Waals surface area contributed by atoms with E-state index < -0.39 is 23.9 Å². The predicted molar refractivity (Wildman–Crippen MR) is 136 cm³/mol. The van der Waals surface area contributed by atoms with E-state index in [2.05, 4.69) is 0 Å². The van der Waals surface area contributed by atoms with Crippen molar-refractivity contribution < 1.29 is 24.5 Å². The maximum Gasteiger partial charge on any atom is 0.233 e. The maximum atomic E-state index is 14.7. The Balaban J connectivity index is 1.47. The van der Waals surface area contributed by atoms with Gasteiger partial charge in [-0.3, -0.25) is 4.79 Å². The Kier molecular flexibility index (Phi) is 6.44. The van der Waals surface area contributed by atoms with Crippen molar-refractivity contribution >= 4 is 11.6 Å². The van der Waals surface area contributed by atoms with Crippen LogP contribution in [0.2, 0.25) is 0 Å². The zero-order valence-corrected chi connectivity index (χ0v) is 19.5. The average Bonchev–Trinajstić information content (AvgIpc) is 2.89. The van der Waals surface area contributed by atoms with E-state index in [4.69, 9.17) is 0 Å². The van der Waals surface area contributed by atoms with Crippen LogP contribution < -0.4 is 4.90 Å². The number of hydrogen-bond acceptors (Lipinski definition) is 4. The fraction of sp³-hybridized carbons (Fsp3) is 0.167. The van der Waals surface area contributed by atoms with E-state index in [0.29, 0.717) is 29.5 Å². The number of phenols is 2. The van der Waals surface area contributed by atoms with Crippen LogP contribution in [0.4, 0.5) is 10.1 Å². The summed E-state index contributed by atoms with van der Waals surface area (Å²) in [4.78, 5) is 14.6. The Morgan fingerprint density at radius 1 is 0.833 bits per heavy atom. The Morgan fingerprint density at radius 2 is 1.53 bits per heavy atom. The second-order valence-electron chi connectivity index (χ2n) is 9.01. The van der Waals surface area contributed by atoms with Crippen LogP contribution in [0.3, 0.4) is 0 Å². The van der Waals surface area contributed by atoms with Gasteiger partial charge in [-0.1, -0.05) is 72.8 Å². The Hall–Kier alpha value is -4.16. The molecule has 4 aromatic carbocycles. The molecule has 182 valence electrons. The highest BCUT2D eigenvalue weighted by atomic mass is 19.1. The lowest BCUT2D eigenvalue weighted by molar-refractivity contribution is -0.131. The fourth-order valence-corrected chi connectivity index (χ4v) is 4.96. The predicted octanol–water partition coefficient (Wildman–Crippen LogP) is 6.12. The molecular formula is C30H26FNO4. The third-order valence-corrected chi connectivity index (χ3v) is 6.83. The summed E-state index contributed by atoms with van der Waals surface area (Å²) in [6, 6.07) is 26.5. The molecule has 0 radical (unpaired) electrons. The van der Waals surface area contributed by atoms with E-state index >= 15 is 0 Å². The van der Waals surface area contributed by atoms with Crippen LogP contribution >= 0.6 is 0 Å². The first-order chi connectivity index (χ1) is 17.5. The number of carbonyl (C=O) groups excluding carboxylic acids is 1. The molecule has 4 aromatic rings. The first kappa shape index (κ1) is 23.6. The molecular weight excluding hydrogens is 457 g/mol. The highest BCUT2D eigenvalue weighted by Crippen LogP contribution is 2.49. The molecule has 3 atom stereocenters. The number of aliphatic hydroxyl groups excluding tert-OH is 1. The highest BCUT2D eigenvalue weighted by Gasteiger charge is 2.50. The first-order valence-electron chi connectivity index (χ1n) is 11.9. The van der Waals surface area contributed by atoms with Gasteiger partial charge in [0.1, 0.15) is 17.3 Å². The van der Waals surface area contributed by atoms with Crippen molar-refractivity contribution in [1.29, 1.82) is 0 Å². The molecule has 1 saturated heterocycles. The average molecular weight is 484 g/mol. The molecule has 0 unspecified atom stereocenters. The minimum atomic E-state index is -0.737. The third-order valence-electron chi connectivity index (χ3n) is 6.83. The number of anilines is 1. The maximum absolute atomic E-state index is 14.7. The summed E-state index contributed by atoms with van der Waals surface area (Å²) in [7, 11) is 0. The van der Waals surface area contributed by atoms with E-state index in [0.717, 1.165) is 5.56 Å². The molecule has 0 bridgehead atoms. The van der Waals surface area contributed by atoms with Crippen molar-refractivity contribution in [2.45, 2.75) is 25.0 Å². The SMILES string of the molecule is O=C1[C@H](CC[C@H](O)c2ccccc2)[C@@H](c2ccc(-c3ccccc3O)cc2O)N1c1ccccc1F. The third kappa shape index (κ3) is 4.32. The van der Waals surface area contributed by atoms with Gasteiger partial charge in [0, 0.05) is 11.1 Å². The molecule has 6 heteroatoms. The Labute approximate surface area is 208 Å². The molecule has 1 aliphatic rings. The van der Waals surface area contributed by atoms with Crippen LogP contribution in [0.1, 0.15) is 36.1 Å². The number of amides is 1. The monoisotopic (exact) mass is 483 g/mol. The number of halogens is 1. The van der Waals surface area contributed by atoms with Crippen LogP contribution in [0.15, 0.2) is 97.1 Å². The number of aliphatic hydroxyl groups is 1. The molecule has 5 nitrogen and oxygen atoms in total. The van der Waals surface area contributed by atoms with Gasteiger partial charge in [0.2, 0.25) is 5.91 Å². The van der Waals surface area contributed by atoms with Crippen LogP contribution in [0.25, 0.3) is 11.1 Å². The standard InChI is InChI=1S/C30H26FNO4/c31-24-11-5-6-12-25(24)32-29(23(30(32)36)16-17-26(33)19-8-2-1-3-9-19)22-15-14-20(18-28(22)35)21-10-4-7-13-27(21)34/h1-15,18,23,26,29,33-35H,16-17H2/t23-,26+,29-/m1/s1. The quantitative estimate of drug-likeness (QED) is 0.277. The van der Waals surface area contributed by atoms with E-state index in [1.807, 2.05) is 30.3 Å². The fourth-order valence-electron chi connectivity index (χ4n) is 4.96. The number of para-hydroxylation sites is 2. The van der Waals surface area contributed by atoms with Gasteiger partial charge in [0.05, 0.1) is 23.8 Å². The van der Waals surface area contributed by atoms with Gasteiger partial charge in [0.25, 0.3) is 0 Å². The number of β-lactam (4-membered cyclic amide) rings is 1. The largest absolute Gasteiger partial charge is 0.508 e. The van der Waals surface area contributed by atoms with Gasteiger partial charge >= 0.3 is 0 Å². The summed E-state index contributed by atoms with van der Waals surface area (Å²) in [6.07, 6.45) is -0.0246. The molecule has 0 saturated carbocycles. The van der Waals surface area contributed by atoms with Gasteiger partial charge in [-0.05, 0) is 48.2 Å². The lowest BCUT2D eigenvalue weighted by Crippen LogP contribution is -2.55. The van der Waals surface area contributed by atoms with E-state index in [1.165, 1.54) is 11.0 Å². The summed E-state index contributed by atoms with van der Waals surface area (Å²) in [5.74, 6) is -1.28. The van der Waals surface area contributed by atoms with Crippen molar-refractivity contribution in [3.8, 4) is 22.6 Å². The van der Waals surface area contributed by atoms with Crippen molar-refractivity contribution in [1.82, 2.24) is 0 Å². The van der Waals surface area contributed by atoms with E-state index in [1.54, 1.807) is 60.7 Å². The van der Waals surface area contributed by atoms with Gasteiger partial charge < -0.3 is 20.2 Å². The zero-order chi connectivity index (χ0) is 25.2. The number of carbonyl (C=O) groups is 1. The van der Waals surface area contributed by atoms with Crippen molar-refractivity contribution in [3.63, 3.8) is 0 Å². The molecule has 0 aromatic heterocycles. The summed E-state index contributed by atoms with van der Waals surface area (Å²) >= 11 is 0. The molecule has 0 spiro atoms. The Morgan fingerprint density at radius 3 is 2.25 bits per heavy atom. The van der Waals surface area contributed by atoms with Gasteiger partial charge in [0.15, 0.2) is 0 Å². The minimum Gasteiger partial charge on any atom is -0.508 e. The van der Waals surface area contributed by atoms with Crippen LogP contribution in [0.5, 0.6) is 11.5 Å².